The van der Waals surface area contributed by atoms with Crippen molar-refractivity contribution in [2.45, 2.75) is 18.4 Å². The molecule has 31 heavy (non-hydrogen) atoms. The molecule has 1 aliphatic heterocycles. The number of aromatic nitrogens is 2. The summed E-state index contributed by atoms with van der Waals surface area (Å²) in [6.45, 7) is 1.90. The van der Waals surface area contributed by atoms with Crippen molar-refractivity contribution in [2.24, 2.45) is 0 Å². The smallest absolute Gasteiger partial charge is 0.254 e. The predicted molar refractivity (Wildman–Crippen MR) is 116 cm³/mol. The minimum absolute atomic E-state index is 0.0293. The maximum absolute atomic E-state index is 12.9. The summed E-state index contributed by atoms with van der Waals surface area (Å²) in [5, 5.41) is 16.9. The van der Waals surface area contributed by atoms with Gasteiger partial charge in [0.2, 0.25) is 0 Å². The molecule has 1 aliphatic carbocycles. The summed E-state index contributed by atoms with van der Waals surface area (Å²) in [7, 11) is 0. The lowest BCUT2D eigenvalue weighted by Crippen LogP contribution is -2.53. The van der Waals surface area contributed by atoms with Crippen molar-refractivity contribution in [2.75, 3.05) is 26.2 Å². The Morgan fingerprint density at radius 2 is 1.35 bits per heavy atom. The lowest BCUT2D eigenvalue weighted by Gasteiger charge is -2.35. The zero-order valence-corrected chi connectivity index (χ0v) is 17.1. The first-order valence-electron chi connectivity index (χ1n) is 10.5. The van der Waals surface area contributed by atoms with Gasteiger partial charge in [-0.15, -0.1) is 0 Å². The molecule has 0 spiro atoms. The number of hydrogen-bond donors (Lipinski definition) is 2. The number of benzene rings is 2. The van der Waals surface area contributed by atoms with E-state index in [9.17, 15) is 14.7 Å². The predicted octanol–water partition coefficient (Wildman–Crippen LogP) is 2.55. The largest absolute Gasteiger partial charge is 0.380 e. The van der Waals surface area contributed by atoms with Gasteiger partial charge in [0, 0.05) is 37.9 Å². The van der Waals surface area contributed by atoms with Gasteiger partial charge in [0.15, 0.2) is 0 Å². The number of amides is 2. The highest BCUT2D eigenvalue weighted by atomic mass is 16.3. The number of carbonyl (C=O) groups excluding carboxylic acids is 2. The quantitative estimate of drug-likeness (QED) is 0.684. The molecule has 2 fully saturated rings. The third-order valence-electron chi connectivity index (χ3n) is 6.14. The molecule has 7 heteroatoms. The van der Waals surface area contributed by atoms with Crippen LogP contribution in [0.4, 0.5) is 0 Å². The molecule has 0 atom stereocenters. The second-order valence-electron chi connectivity index (χ2n) is 8.24. The van der Waals surface area contributed by atoms with Crippen LogP contribution in [0.1, 0.15) is 23.2 Å². The van der Waals surface area contributed by atoms with Crippen molar-refractivity contribution >= 4 is 11.8 Å². The fraction of sp³-hybridized carbons (Fsp3) is 0.292. The topological polar surface area (TPSA) is 89.5 Å². The van der Waals surface area contributed by atoms with Crippen LogP contribution in [0.15, 0.2) is 60.8 Å². The minimum Gasteiger partial charge on any atom is -0.380 e. The van der Waals surface area contributed by atoms with Crippen LogP contribution in [0, 0.1) is 0 Å². The first-order chi connectivity index (χ1) is 15.0. The van der Waals surface area contributed by atoms with E-state index < -0.39 is 5.60 Å². The average Bonchev–Trinajstić information content (AvgIpc) is 3.34. The van der Waals surface area contributed by atoms with Crippen molar-refractivity contribution in [3.05, 3.63) is 66.4 Å². The number of rotatable bonds is 4. The van der Waals surface area contributed by atoms with Crippen molar-refractivity contribution < 1.29 is 14.7 Å². The number of nitrogens with one attached hydrogen (secondary N) is 1. The zero-order valence-electron chi connectivity index (χ0n) is 17.1. The van der Waals surface area contributed by atoms with E-state index in [-0.39, 0.29) is 11.8 Å². The van der Waals surface area contributed by atoms with Crippen LogP contribution >= 0.6 is 0 Å². The number of piperazine rings is 1. The van der Waals surface area contributed by atoms with Gasteiger partial charge in [0.1, 0.15) is 5.60 Å². The third kappa shape index (κ3) is 3.84. The van der Waals surface area contributed by atoms with Gasteiger partial charge in [-0.1, -0.05) is 36.4 Å². The Morgan fingerprint density at radius 3 is 1.90 bits per heavy atom. The van der Waals surface area contributed by atoms with Gasteiger partial charge < -0.3 is 14.9 Å². The first kappa shape index (κ1) is 19.5. The maximum atomic E-state index is 12.9. The molecular formula is C24H24N4O3. The van der Waals surface area contributed by atoms with Crippen LogP contribution in [-0.4, -0.2) is 68.7 Å². The summed E-state index contributed by atoms with van der Waals surface area (Å²) in [6, 6.07) is 17.7. The minimum atomic E-state index is -1.14. The average molecular weight is 416 g/mol. The molecular weight excluding hydrogens is 392 g/mol. The molecule has 2 N–H and O–H groups in total. The van der Waals surface area contributed by atoms with Gasteiger partial charge in [-0.05, 0) is 47.7 Å². The Bertz CT molecular complexity index is 1080. The Kier molecular flexibility index (Phi) is 4.82. The zero-order chi connectivity index (χ0) is 21.4. The van der Waals surface area contributed by atoms with Crippen LogP contribution in [-0.2, 0) is 4.79 Å². The summed E-state index contributed by atoms with van der Waals surface area (Å²) < 4.78 is 0. The van der Waals surface area contributed by atoms with Crippen LogP contribution in [0.5, 0.6) is 0 Å². The summed E-state index contributed by atoms with van der Waals surface area (Å²) in [6.07, 6.45) is 2.82. The molecule has 0 bridgehead atoms. The molecule has 1 aromatic heterocycles. The van der Waals surface area contributed by atoms with E-state index in [1.807, 2.05) is 42.5 Å². The van der Waals surface area contributed by atoms with Gasteiger partial charge in [0.05, 0.1) is 5.69 Å². The number of aliphatic hydroxyl groups is 1. The number of nitrogens with zero attached hydrogens (tertiary/aromatic N) is 3. The Labute approximate surface area is 180 Å². The lowest BCUT2D eigenvalue weighted by molar-refractivity contribution is -0.143. The number of hydrogen-bond acceptors (Lipinski definition) is 4. The lowest BCUT2D eigenvalue weighted by atomic mass is 10.0. The molecule has 2 amide bonds. The monoisotopic (exact) mass is 416 g/mol. The van der Waals surface area contributed by atoms with E-state index in [0.29, 0.717) is 44.6 Å². The maximum Gasteiger partial charge on any atom is 0.254 e. The van der Waals surface area contributed by atoms with Crippen LogP contribution in [0.3, 0.4) is 0 Å². The van der Waals surface area contributed by atoms with E-state index in [1.54, 1.807) is 16.0 Å². The highest BCUT2D eigenvalue weighted by Crippen LogP contribution is 2.37. The van der Waals surface area contributed by atoms with E-state index in [0.717, 1.165) is 22.4 Å². The van der Waals surface area contributed by atoms with Crippen molar-refractivity contribution in [1.29, 1.82) is 0 Å². The molecule has 3 aromatic rings. The van der Waals surface area contributed by atoms with Crippen molar-refractivity contribution in [1.82, 2.24) is 20.0 Å². The summed E-state index contributed by atoms with van der Waals surface area (Å²) in [5.74, 6) is -0.221. The highest BCUT2D eigenvalue weighted by molar-refractivity contribution is 5.95. The second-order valence-corrected chi connectivity index (χ2v) is 8.24. The number of H-pyrrole nitrogens is 1. The molecule has 1 saturated heterocycles. The standard InChI is InChI=1S/C24H24N4O3/c29-22(27-13-15-28(16-14-27)23(30)24(31)10-11-24)20-7-3-18(4-8-20)17-1-5-19(6-2-17)21-9-12-25-26-21/h1-9,12,31H,10-11,13-16H2,(H,25,26). The third-order valence-corrected chi connectivity index (χ3v) is 6.14. The molecule has 0 unspecified atom stereocenters. The Hall–Kier alpha value is -3.45. The van der Waals surface area contributed by atoms with E-state index >= 15 is 0 Å². The van der Waals surface area contributed by atoms with E-state index in [1.165, 1.54) is 0 Å². The van der Waals surface area contributed by atoms with Gasteiger partial charge in [-0.2, -0.15) is 5.10 Å². The van der Waals surface area contributed by atoms with E-state index in [4.69, 9.17) is 0 Å². The fourth-order valence-corrected chi connectivity index (χ4v) is 3.99. The van der Waals surface area contributed by atoms with Crippen LogP contribution in [0.25, 0.3) is 22.4 Å². The van der Waals surface area contributed by atoms with Crippen molar-refractivity contribution in [3.8, 4) is 22.4 Å². The van der Waals surface area contributed by atoms with E-state index in [2.05, 4.69) is 22.3 Å². The molecule has 158 valence electrons. The molecule has 5 rings (SSSR count). The second kappa shape index (κ2) is 7.67. The van der Waals surface area contributed by atoms with Gasteiger partial charge in [-0.3, -0.25) is 14.7 Å². The SMILES string of the molecule is O=C(c1ccc(-c2ccc(-c3ccn[nH]3)cc2)cc1)N1CCN(C(=O)C2(O)CC2)CC1. The van der Waals surface area contributed by atoms with Crippen molar-refractivity contribution in [3.63, 3.8) is 0 Å². The Balaban J connectivity index is 1.22. The normalized spacial score (nSPS) is 17.5. The number of carbonyl (C=O) groups is 2. The number of aromatic amines is 1. The van der Waals surface area contributed by atoms with Gasteiger partial charge in [0.25, 0.3) is 11.8 Å². The molecule has 2 aliphatic rings. The fourth-order valence-electron chi connectivity index (χ4n) is 3.99. The summed E-state index contributed by atoms with van der Waals surface area (Å²) >= 11 is 0. The molecule has 0 radical (unpaired) electrons. The first-order valence-corrected chi connectivity index (χ1v) is 10.5. The summed E-state index contributed by atoms with van der Waals surface area (Å²) in [4.78, 5) is 28.6. The summed E-state index contributed by atoms with van der Waals surface area (Å²) in [5.41, 5.74) is 3.66. The molecule has 2 aromatic carbocycles. The highest BCUT2D eigenvalue weighted by Gasteiger charge is 2.50. The van der Waals surface area contributed by atoms with Gasteiger partial charge >= 0.3 is 0 Å². The van der Waals surface area contributed by atoms with Crippen LogP contribution in [0.2, 0.25) is 0 Å². The Morgan fingerprint density at radius 1 is 0.806 bits per heavy atom. The van der Waals surface area contributed by atoms with Crippen LogP contribution < -0.4 is 0 Å². The molecule has 1 saturated carbocycles. The van der Waals surface area contributed by atoms with Gasteiger partial charge in [-0.25, -0.2) is 0 Å². The molecule has 2 heterocycles. The molecule has 7 nitrogen and oxygen atoms in total.